The molecule has 0 N–H and O–H groups in total. The van der Waals surface area contributed by atoms with Gasteiger partial charge in [-0.2, -0.15) is 0 Å². The Morgan fingerprint density at radius 3 is 3.00 bits per heavy atom. The molecule has 0 unspecified atom stereocenters. The lowest BCUT2D eigenvalue weighted by Gasteiger charge is -2.42. The Hall–Kier alpha value is -0.380. The van der Waals surface area contributed by atoms with Gasteiger partial charge in [0.05, 0.1) is 0 Å². The minimum Gasteiger partial charge on any atom is -0.298 e. The molecular weight excluding hydrogens is 228 g/mol. The summed E-state index contributed by atoms with van der Waals surface area (Å²) in [6.45, 7) is 9.62. The van der Waals surface area contributed by atoms with Crippen molar-refractivity contribution in [1.82, 2.24) is 9.80 Å². The van der Waals surface area contributed by atoms with Crippen LogP contribution in [0.5, 0.6) is 0 Å². The van der Waals surface area contributed by atoms with E-state index < -0.39 is 0 Å². The fourth-order valence-electron chi connectivity index (χ4n) is 3.24. The molecule has 0 saturated carbocycles. The van der Waals surface area contributed by atoms with Crippen LogP contribution in [0.15, 0.2) is 12.1 Å². The molecule has 0 aromatic carbocycles. The van der Waals surface area contributed by atoms with Gasteiger partial charge in [-0.05, 0) is 45.4 Å². The van der Waals surface area contributed by atoms with Gasteiger partial charge in [-0.3, -0.25) is 9.80 Å². The van der Waals surface area contributed by atoms with E-state index in [1.807, 2.05) is 11.3 Å². The summed E-state index contributed by atoms with van der Waals surface area (Å²) in [5.41, 5.74) is 0. The number of fused-ring (bicyclic) bond motifs is 1. The van der Waals surface area contributed by atoms with Crippen molar-refractivity contribution in [3.05, 3.63) is 21.9 Å². The summed E-state index contributed by atoms with van der Waals surface area (Å²) in [4.78, 5) is 8.34. The summed E-state index contributed by atoms with van der Waals surface area (Å²) in [5, 5.41) is 0. The van der Waals surface area contributed by atoms with Crippen molar-refractivity contribution >= 4 is 11.3 Å². The van der Waals surface area contributed by atoms with Gasteiger partial charge < -0.3 is 0 Å². The molecule has 0 bridgehead atoms. The second-order valence-electron chi connectivity index (χ2n) is 5.58. The maximum absolute atomic E-state index is 2.70. The van der Waals surface area contributed by atoms with Gasteiger partial charge in [0.1, 0.15) is 0 Å². The van der Waals surface area contributed by atoms with E-state index >= 15 is 0 Å². The molecule has 3 rings (SSSR count). The fraction of sp³-hybridized carbons (Fsp3) is 0.714. The van der Waals surface area contributed by atoms with Gasteiger partial charge in [0, 0.05) is 41.5 Å². The van der Waals surface area contributed by atoms with Gasteiger partial charge in [-0.15, -0.1) is 11.3 Å². The molecular formula is C14H22N2S. The normalized spacial score (nSPS) is 30.7. The first-order valence-corrected chi connectivity index (χ1v) is 7.57. The van der Waals surface area contributed by atoms with Crippen molar-refractivity contribution < 1.29 is 0 Å². The lowest BCUT2D eigenvalue weighted by Crippen LogP contribution is -2.54. The second kappa shape index (κ2) is 4.71. The van der Waals surface area contributed by atoms with Gasteiger partial charge in [0.15, 0.2) is 0 Å². The Balaban J connectivity index is 1.66. The van der Waals surface area contributed by atoms with Crippen LogP contribution in [0.1, 0.15) is 29.5 Å². The number of hydrogen-bond donors (Lipinski definition) is 0. The summed E-state index contributed by atoms with van der Waals surface area (Å²) in [7, 11) is 0. The molecule has 3 heterocycles. The standard InChI is InChI=1S/C14H22N2S/c1-11-8-15-7-3-4-13(15)9-16(11)10-14-6-5-12(2)17-14/h5-6,11,13H,3-4,7-10H2,1-2H3/t11-,13+/m0/s1. The molecule has 2 atom stereocenters. The predicted molar refractivity (Wildman–Crippen MR) is 73.5 cm³/mol. The van der Waals surface area contributed by atoms with Crippen molar-refractivity contribution in [2.24, 2.45) is 0 Å². The fourth-order valence-corrected chi connectivity index (χ4v) is 4.15. The Bertz CT molecular complexity index is 387. The Morgan fingerprint density at radius 1 is 1.35 bits per heavy atom. The van der Waals surface area contributed by atoms with E-state index in [-0.39, 0.29) is 0 Å². The first-order chi connectivity index (χ1) is 8.22. The summed E-state index contributed by atoms with van der Waals surface area (Å²) in [6, 6.07) is 6.10. The Labute approximate surface area is 108 Å². The van der Waals surface area contributed by atoms with Gasteiger partial charge in [0.25, 0.3) is 0 Å². The van der Waals surface area contributed by atoms with E-state index in [2.05, 4.69) is 35.8 Å². The highest BCUT2D eigenvalue weighted by Gasteiger charge is 2.34. The van der Waals surface area contributed by atoms with Crippen molar-refractivity contribution in [2.45, 2.75) is 45.3 Å². The van der Waals surface area contributed by atoms with Crippen LogP contribution in [-0.4, -0.2) is 41.5 Å². The van der Waals surface area contributed by atoms with Gasteiger partial charge >= 0.3 is 0 Å². The summed E-state index contributed by atoms with van der Waals surface area (Å²) in [5.74, 6) is 0. The number of nitrogens with zero attached hydrogens (tertiary/aromatic N) is 2. The molecule has 2 fully saturated rings. The molecule has 0 radical (unpaired) electrons. The molecule has 94 valence electrons. The van der Waals surface area contributed by atoms with Crippen LogP contribution in [0.25, 0.3) is 0 Å². The summed E-state index contributed by atoms with van der Waals surface area (Å²) >= 11 is 1.95. The predicted octanol–water partition coefficient (Wildman–Crippen LogP) is 2.73. The van der Waals surface area contributed by atoms with E-state index in [0.29, 0.717) is 6.04 Å². The average Bonchev–Trinajstić information content (AvgIpc) is 2.88. The van der Waals surface area contributed by atoms with E-state index in [9.17, 15) is 0 Å². The molecule has 2 saturated heterocycles. The van der Waals surface area contributed by atoms with Crippen LogP contribution in [0.4, 0.5) is 0 Å². The molecule has 1 aromatic rings. The number of piperazine rings is 1. The van der Waals surface area contributed by atoms with Gasteiger partial charge in [-0.25, -0.2) is 0 Å². The molecule has 3 heteroatoms. The molecule has 2 aliphatic heterocycles. The third-order valence-electron chi connectivity index (χ3n) is 4.22. The zero-order valence-corrected chi connectivity index (χ0v) is 11.7. The first-order valence-electron chi connectivity index (χ1n) is 6.76. The highest BCUT2D eigenvalue weighted by molar-refractivity contribution is 7.11. The van der Waals surface area contributed by atoms with E-state index in [1.165, 1.54) is 42.2 Å². The molecule has 2 aliphatic rings. The third kappa shape index (κ3) is 2.42. The Morgan fingerprint density at radius 2 is 2.24 bits per heavy atom. The lowest BCUT2D eigenvalue weighted by molar-refractivity contribution is 0.0547. The topological polar surface area (TPSA) is 6.48 Å². The van der Waals surface area contributed by atoms with E-state index in [0.717, 1.165) is 12.6 Å². The Kier molecular flexibility index (Phi) is 3.24. The van der Waals surface area contributed by atoms with Gasteiger partial charge in [0.2, 0.25) is 0 Å². The summed E-state index contributed by atoms with van der Waals surface area (Å²) < 4.78 is 0. The zero-order valence-electron chi connectivity index (χ0n) is 10.9. The molecule has 0 amide bonds. The van der Waals surface area contributed by atoms with Crippen LogP contribution in [0.2, 0.25) is 0 Å². The smallest absolute Gasteiger partial charge is 0.0332 e. The molecule has 1 aromatic heterocycles. The van der Waals surface area contributed by atoms with Crippen molar-refractivity contribution in [3.8, 4) is 0 Å². The van der Waals surface area contributed by atoms with Crippen molar-refractivity contribution in [3.63, 3.8) is 0 Å². The molecule has 17 heavy (non-hydrogen) atoms. The SMILES string of the molecule is Cc1ccc(CN2C[C@H]3CCCN3C[C@@H]2C)s1. The van der Waals surface area contributed by atoms with Gasteiger partial charge in [-0.1, -0.05) is 0 Å². The van der Waals surface area contributed by atoms with E-state index in [1.54, 1.807) is 0 Å². The second-order valence-corrected chi connectivity index (χ2v) is 6.95. The number of rotatable bonds is 2. The van der Waals surface area contributed by atoms with Crippen molar-refractivity contribution in [1.29, 1.82) is 0 Å². The quantitative estimate of drug-likeness (QED) is 0.796. The largest absolute Gasteiger partial charge is 0.298 e. The maximum atomic E-state index is 2.70. The molecule has 2 nitrogen and oxygen atoms in total. The van der Waals surface area contributed by atoms with Crippen LogP contribution in [-0.2, 0) is 6.54 Å². The number of aryl methyl sites for hydroxylation is 1. The van der Waals surface area contributed by atoms with E-state index in [4.69, 9.17) is 0 Å². The van der Waals surface area contributed by atoms with Crippen molar-refractivity contribution in [2.75, 3.05) is 19.6 Å². The monoisotopic (exact) mass is 250 g/mol. The van der Waals surface area contributed by atoms with Crippen LogP contribution in [0.3, 0.4) is 0 Å². The summed E-state index contributed by atoms with van der Waals surface area (Å²) in [6.07, 6.45) is 2.82. The molecule has 0 aliphatic carbocycles. The zero-order chi connectivity index (χ0) is 11.8. The minimum atomic E-state index is 0.715. The maximum Gasteiger partial charge on any atom is 0.0332 e. The number of thiophene rings is 1. The van der Waals surface area contributed by atoms with Crippen LogP contribution in [0, 0.1) is 6.92 Å². The lowest BCUT2D eigenvalue weighted by atomic mass is 10.1. The highest BCUT2D eigenvalue weighted by Crippen LogP contribution is 2.27. The highest BCUT2D eigenvalue weighted by atomic mass is 32.1. The van der Waals surface area contributed by atoms with Crippen LogP contribution >= 0.6 is 11.3 Å². The number of hydrogen-bond acceptors (Lipinski definition) is 3. The van der Waals surface area contributed by atoms with Crippen LogP contribution < -0.4 is 0 Å². The first kappa shape index (κ1) is 11.7. The molecule has 0 spiro atoms. The third-order valence-corrected chi connectivity index (χ3v) is 5.21. The minimum absolute atomic E-state index is 0.715. The average molecular weight is 250 g/mol.